The summed E-state index contributed by atoms with van der Waals surface area (Å²) in [6.45, 7) is 2.00. The Morgan fingerprint density at radius 3 is 2.52 bits per heavy atom. The number of rotatable bonds is 3. The second-order valence-corrected chi connectivity index (χ2v) is 7.21. The van der Waals surface area contributed by atoms with E-state index >= 15 is 0 Å². The third-order valence-electron chi connectivity index (χ3n) is 3.60. The van der Waals surface area contributed by atoms with Gasteiger partial charge in [0.25, 0.3) is 0 Å². The van der Waals surface area contributed by atoms with E-state index in [0.717, 1.165) is 34.2 Å². The number of hydrogen-bond donors (Lipinski definition) is 1. The van der Waals surface area contributed by atoms with E-state index in [4.69, 9.17) is 0 Å². The zero-order chi connectivity index (χ0) is 18.0. The molecule has 7 heteroatoms. The van der Waals surface area contributed by atoms with Crippen LogP contribution in [0, 0.1) is 18.3 Å². The van der Waals surface area contributed by atoms with Gasteiger partial charge in [-0.1, -0.05) is 47.1 Å². The van der Waals surface area contributed by atoms with Gasteiger partial charge in [-0.2, -0.15) is 13.7 Å². The van der Waals surface area contributed by atoms with E-state index in [0.29, 0.717) is 11.4 Å². The highest BCUT2D eigenvalue weighted by Crippen LogP contribution is 2.36. The number of nitriles is 1. The molecule has 2 aliphatic rings. The van der Waals surface area contributed by atoms with Gasteiger partial charge in [0.1, 0.15) is 17.5 Å². The topological polar surface area (TPSA) is 91.5 Å². The average Bonchev–Trinajstić information content (AvgIpc) is 2.53. The van der Waals surface area contributed by atoms with Crippen LogP contribution < -0.4 is 5.32 Å². The summed E-state index contributed by atoms with van der Waals surface area (Å²) in [4.78, 5) is 0. The molecule has 0 unspecified atom stereocenters. The SMILES string of the molecule is Cc1cccc(C2=C(C#N)NC2=C2C=CC(=NOS(C)(=O)=O)C=C2)c1. The van der Waals surface area contributed by atoms with E-state index in [9.17, 15) is 13.7 Å². The minimum atomic E-state index is -3.63. The van der Waals surface area contributed by atoms with Crippen molar-refractivity contribution in [2.24, 2.45) is 5.16 Å². The van der Waals surface area contributed by atoms with E-state index in [1.165, 1.54) is 0 Å². The highest BCUT2D eigenvalue weighted by Gasteiger charge is 2.26. The van der Waals surface area contributed by atoms with Crippen LogP contribution in [-0.4, -0.2) is 20.4 Å². The summed E-state index contributed by atoms with van der Waals surface area (Å²) in [5.74, 6) is 0. The second-order valence-electron chi connectivity index (χ2n) is 5.65. The normalized spacial score (nSPS) is 16.3. The Labute approximate surface area is 146 Å². The van der Waals surface area contributed by atoms with Crippen LogP contribution in [0.5, 0.6) is 0 Å². The van der Waals surface area contributed by atoms with Crippen LogP contribution in [-0.2, 0) is 14.4 Å². The predicted octanol–water partition coefficient (Wildman–Crippen LogP) is 2.55. The lowest BCUT2D eigenvalue weighted by Gasteiger charge is -2.28. The van der Waals surface area contributed by atoms with Gasteiger partial charge in [-0.25, -0.2) is 0 Å². The smallest absolute Gasteiger partial charge is 0.325 e. The summed E-state index contributed by atoms with van der Waals surface area (Å²) < 4.78 is 26.3. The molecular formula is C18H15N3O3S. The molecule has 0 atom stereocenters. The Kier molecular flexibility index (Phi) is 4.30. The van der Waals surface area contributed by atoms with Crippen molar-refractivity contribution in [3.63, 3.8) is 0 Å². The van der Waals surface area contributed by atoms with E-state index in [2.05, 4.69) is 20.8 Å². The molecule has 0 aromatic heterocycles. The molecule has 1 aromatic rings. The Hall–Kier alpha value is -3.11. The van der Waals surface area contributed by atoms with Crippen molar-refractivity contribution in [1.82, 2.24) is 5.32 Å². The number of nitrogens with zero attached hydrogens (tertiary/aromatic N) is 2. The molecule has 25 heavy (non-hydrogen) atoms. The molecule has 0 saturated carbocycles. The molecule has 1 N–H and O–H groups in total. The second kappa shape index (κ2) is 6.42. The van der Waals surface area contributed by atoms with Gasteiger partial charge in [0.05, 0.1) is 12.0 Å². The first-order valence-electron chi connectivity index (χ1n) is 7.43. The van der Waals surface area contributed by atoms with Gasteiger partial charge < -0.3 is 5.32 Å². The highest BCUT2D eigenvalue weighted by molar-refractivity contribution is 7.85. The minimum absolute atomic E-state index is 0.385. The Morgan fingerprint density at radius 1 is 1.20 bits per heavy atom. The van der Waals surface area contributed by atoms with Crippen LogP contribution in [0.25, 0.3) is 5.57 Å². The van der Waals surface area contributed by atoms with E-state index in [1.807, 2.05) is 31.2 Å². The van der Waals surface area contributed by atoms with Gasteiger partial charge in [0, 0.05) is 5.57 Å². The van der Waals surface area contributed by atoms with Gasteiger partial charge in [-0.15, -0.1) is 0 Å². The molecule has 126 valence electrons. The summed E-state index contributed by atoms with van der Waals surface area (Å²) in [5.41, 5.74) is 5.57. The lowest BCUT2D eigenvalue weighted by Crippen LogP contribution is -2.27. The number of hydrogen-bond acceptors (Lipinski definition) is 6. The molecule has 1 aliphatic heterocycles. The molecule has 0 spiro atoms. The summed E-state index contributed by atoms with van der Waals surface area (Å²) in [5, 5.41) is 15.9. The first-order valence-corrected chi connectivity index (χ1v) is 9.25. The van der Waals surface area contributed by atoms with Crippen molar-refractivity contribution >= 4 is 21.4 Å². The third kappa shape index (κ3) is 3.70. The maximum Gasteiger partial charge on any atom is 0.325 e. The summed E-state index contributed by atoms with van der Waals surface area (Å²) in [6.07, 6.45) is 7.80. The van der Waals surface area contributed by atoms with Gasteiger partial charge >= 0.3 is 10.1 Å². The summed E-state index contributed by atoms with van der Waals surface area (Å²) in [6, 6.07) is 10.1. The van der Waals surface area contributed by atoms with Crippen molar-refractivity contribution in [2.45, 2.75) is 6.92 Å². The lowest BCUT2D eigenvalue weighted by molar-refractivity contribution is 0.344. The van der Waals surface area contributed by atoms with Crippen LogP contribution >= 0.6 is 0 Å². The van der Waals surface area contributed by atoms with Crippen molar-refractivity contribution in [3.8, 4) is 6.07 Å². The van der Waals surface area contributed by atoms with Gasteiger partial charge in [0.15, 0.2) is 0 Å². The van der Waals surface area contributed by atoms with Crippen LogP contribution in [0.3, 0.4) is 0 Å². The van der Waals surface area contributed by atoms with E-state index in [-0.39, 0.29) is 0 Å². The highest BCUT2D eigenvalue weighted by atomic mass is 32.2. The fraction of sp³-hybridized carbons (Fsp3) is 0.111. The predicted molar refractivity (Wildman–Crippen MR) is 95.5 cm³/mol. The number of nitrogens with one attached hydrogen (secondary N) is 1. The molecule has 0 bridgehead atoms. The van der Waals surface area contributed by atoms with E-state index < -0.39 is 10.1 Å². The van der Waals surface area contributed by atoms with Crippen molar-refractivity contribution in [3.05, 3.63) is 76.7 Å². The van der Waals surface area contributed by atoms with Gasteiger partial charge in [0.2, 0.25) is 0 Å². The van der Waals surface area contributed by atoms with Gasteiger partial charge in [-0.05, 0) is 30.2 Å². The van der Waals surface area contributed by atoms with Crippen molar-refractivity contribution in [2.75, 3.05) is 6.26 Å². The molecule has 0 fully saturated rings. The van der Waals surface area contributed by atoms with Crippen LogP contribution in [0.15, 0.2) is 70.7 Å². The fourth-order valence-electron chi connectivity index (χ4n) is 2.50. The Morgan fingerprint density at radius 2 is 1.92 bits per heavy atom. The van der Waals surface area contributed by atoms with Crippen molar-refractivity contribution < 1.29 is 12.7 Å². The molecule has 0 amide bonds. The number of oxime groups is 1. The maximum atomic E-state index is 11.0. The first kappa shape index (κ1) is 16.7. The number of allylic oxidation sites excluding steroid dienone is 7. The molecule has 1 aromatic carbocycles. The molecule has 1 aliphatic carbocycles. The fourth-order valence-corrected chi connectivity index (χ4v) is 2.72. The number of benzene rings is 1. The monoisotopic (exact) mass is 353 g/mol. The standard InChI is InChI=1S/C18H15N3O3S/c1-12-4-3-5-14(10-12)17-16(11-19)20-18(17)13-6-8-15(9-7-13)21-24-25(2,22)23/h3-10,20H,1-2H3. The average molecular weight is 353 g/mol. The van der Waals surface area contributed by atoms with Crippen LogP contribution in [0.1, 0.15) is 11.1 Å². The lowest BCUT2D eigenvalue weighted by atomic mass is 9.89. The van der Waals surface area contributed by atoms with Crippen LogP contribution in [0.2, 0.25) is 0 Å². The maximum absolute atomic E-state index is 11.0. The zero-order valence-corrected chi connectivity index (χ0v) is 14.5. The van der Waals surface area contributed by atoms with Crippen molar-refractivity contribution in [1.29, 1.82) is 5.26 Å². The quantitative estimate of drug-likeness (QED) is 0.843. The summed E-state index contributed by atoms with van der Waals surface area (Å²) >= 11 is 0. The zero-order valence-electron chi connectivity index (χ0n) is 13.6. The first-order chi connectivity index (χ1) is 11.9. The molecular weight excluding hydrogens is 338 g/mol. The summed E-state index contributed by atoms with van der Waals surface area (Å²) in [7, 11) is -3.63. The Bertz CT molecular complexity index is 1020. The molecule has 0 saturated heterocycles. The van der Waals surface area contributed by atoms with E-state index in [1.54, 1.807) is 24.3 Å². The molecule has 1 heterocycles. The third-order valence-corrected chi connectivity index (χ3v) is 3.95. The van der Waals surface area contributed by atoms with Gasteiger partial charge in [-0.3, -0.25) is 4.28 Å². The molecule has 0 radical (unpaired) electrons. The largest absolute Gasteiger partial charge is 0.345 e. The minimum Gasteiger partial charge on any atom is -0.345 e. The molecule has 6 nitrogen and oxygen atoms in total. The van der Waals surface area contributed by atoms with Crippen LogP contribution in [0.4, 0.5) is 0 Å². The molecule has 3 rings (SSSR count). The Balaban J connectivity index is 1.92. The number of aryl methyl sites for hydroxylation is 1.